The Hall–Kier alpha value is -2.47. The summed E-state index contributed by atoms with van der Waals surface area (Å²) in [5.74, 6) is 0.670. The molecule has 0 saturated heterocycles. The normalized spacial score (nSPS) is 11.1. The van der Waals surface area contributed by atoms with Crippen LogP contribution in [0.1, 0.15) is 11.4 Å². The Kier molecular flexibility index (Phi) is 3.23. The molecule has 6 heteroatoms. The van der Waals surface area contributed by atoms with E-state index in [1.54, 1.807) is 0 Å². The van der Waals surface area contributed by atoms with Gasteiger partial charge in [-0.25, -0.2) is 0 Å². The van der Waals surface area contributed by atoms with Crippen molar-refractivity contribution in [2.24, 2.45) is 0 Å². The van der Waals surface area contributed by atoms with E-state index >= 15 is 0 Å². The summed E-state index contributed by atoms with van der Waals surface area (Å²) in [7, 11) is 0. The minimum Gasteiger partial charge on any atom is -0.449 e. The van der Waals surface area contributed by atoms with Gasteiger partial charge < -0.3 is 4.42 Å². The molecule has 0 radical (unpaired) electrons. The van der Waals surface area contributed by atoms with Crippen molar-refractivity contribution in [2.45, 2.75) is 6.42 Å². The molecule has 0 aliphatic carbocycles. The smallest absolute Gasteiger partial charge is 0.178 e. The number of hydrogen-bond donors (Lipinski definition) is 1. The maximum atomic E-state index is 5.81. The van der Waals surface area contributed by atoms with E-state index in [4.69, 9.17) is 4.42 Å². The van der Waals surface area contributed by atoms with Crippen LogP contribution < -0.4 is 0 Å². The fraction of sp³-hybridized carbons (Fsp3) is 0.0625. The van der Waals surface area contributed by atoms with Gasteiger partial charge in [-0.3, -0.25) is 0 Å². The average molecular weight is 355 g/mol. The molecule has 0 spiro atoms. The highest BCUT2D eigenvalue weighted by atomic mass is 79.9. The lowest BCUT2D eigenvalue weighted by Crippen LogP contribution is -1.91. The lowest BCUT2D eigenvalue weighted by Gasteiger charge is -2.01. The summed E-state index contributed by atoms with van der Waals surface area (Å²) in [5.41, 5.74) is 4.14. The molecule has 0 bridgehead atoms. The molecule has 2 heterocycles. The number of aromatic nitrogens is 4. The summed E-state index contributed by atoms with van der Waals surface area (Å²) in [5, 5.41) is 15.1. The van der Waals surface area contributed by atoms with Crippen molar-refractivity contribution in [1.82, 2.24) is 20.6 Å². The van der Waals surface area contributed by atoms with Gasteiger partial charge >= 0.3 is 0 Å². The van der Waals surface area contributed by atoms with Gasteiger partial charge in [0.15, 0.2) is 10.5 Å². The van der Waals surface area contributed by atoms with Crippen molar-refractivity contribution in [3.8, 4) is 11.1 Å². The molecule has 5 nitrogen and oxygen atoms in total. The predicted octanol–water partition coefficient (Wildman–Crippen LogP) is 3.97. The van der Waals surface area contributed by atoms with E-state index < -0.39 is 0 Å². The van der Waals surface area contributed by atoms with Crippen LogP contribution in [0.4, 0.5) is 0 Å². The SMILES string of the molecule is Brc1oc2ccc(Cc3nn[nH]n3)cc2c1-c1ccccc1. The third-order valence-corrected chi connectivity index (χ3v) is 4.08. The lowest BCUT2D eigenvalue weighted by atomic mass is 10.0. The molecule has 0 aliphatic rings. The number of H-pyrrole nitrogens is 1. The summed E-state index contributed by atoms with van der Waals surface area (Å²) < 4.78 is 6.55. The number of halogens is 1. The fourth-order valence-corrected chi connectivity index (χ4v) is 3.16. The molecule has 0 unspecified atom stereocenters. The number of nitrogens with zero attached hydrogens (tertiary/aromatic N) is 3. The van der Waals surface area contributed by atoms with Crippen LogP contribution in [0.15, 0.2) is 57.6 Å². The number of tetrazole rings is 1. The first kappa shape index (κ1) is 13.2. The van der Waals surface area contributed by atoms with Gasteiger partial charge in [-0.2, -0.15) is 5.21 Å². The van der Waals surface area contributed by atoms with Crippen LogP contribution in [0.2, 0.25) is 0 Å². The maximum Gasteiger partial charge on any atom is 0.178 e. The Morgan fingerprint density at radius 2 is 1.95 bits per heavy atom. The second kappa shape index (κ2) is 5.38. The standard InChI is InChI=1S/C16H11BrN4O/c17-16-15(11-4-2-1-3-5-11)12-8-10(6-7-13(12)22-16)9-14-18-20-21-19-14/h1-8H,9H2,(H,18,19,20,21). The third kappa shape index (κ3) is 2.31. The average Bonchev–Trinajstić information content (AvgIpc) is 3.15. The van der Waals surface area contributed by atoms with Gasteiger partial charge in [0.05, 0.1) is 0 Å². The van der Waals surface area contributed by atoms with Gasteiger partial charge in [-0.05, 0) is 39.2 Å². The highest BCUT2D eigenvalue weighted by Gasteiger charge is 2.14. The number of rotatable bonds is 3. The molecule has 0 amide bonds. The zero-order chi connectivity index (χ0) is 14.9. The van der Waals surface area contributed by atoms with E-state index in [1.807, 2.05) is 30.3 Å². The molecule has 2 aromatic heterocycles. The summed E-state index contributed by atoms with van der Waals surface area (Å²) in [6.45, 7) is 0. The number of furan rings is 1. The van der Waals surface area contributed by atoms with E-state index in [1.165, 1.54) is 0 Å². The quantitative estimate of drug-likeness (QED) is 0.604. The Labute approximate surface area is 134 Å². The van der Waals surface area contributed by atoms with Crippen LogP contribution in [0.25, 0.3) is 22.1 Å². The fourth-order valence-electron chi connectivity index (χ4n) is 2.54. The Bertz CT molecular complexity index is 916. The molecule has 0 saturated carbocycles. The summed E-state index contributed by atoms with van der Waals surface area (Å²) in [6.07, 6.45) is 0.628. The largest absolute Gasteiger partial charge is 0.449 e. The molecule has 0 aliphatic heterocycles. The Morgan fingerprint density at radius 3 is 2.73 bits per heavy atom. The van der Waals surface area contributed by atoms with E-state index in [-0.39, 0.29) is 0 Å². The first-order chi connectivity index (χ1) is 10.8. The van der Waals surface area contributed by atoms with E-state index in [2.05, 4.69) is 54.8 Å². The molecular formula is C16H11BrN4O. The van der Waals surface area contributed by atoms with Gasteiger partial charge in [0, 0.05) is 17.4 Å². The maximum absolute atomic E-state index is 5.81. The van der Waals surface area contributed by atoms with Crippen molar-refractivity contribution < 1.29 is 4.42 Å². The topological polar surface area (TPSA) is 67.6 Å². The molecule has 22 heavy (non-hydrogen) atoms. The van der Waals surface area contributed by atoms with Crippen molar-refractivity contribution in [2.75, 3.05) is 0 Å². The van der Waals surface area contributed by atoms with Crippen LogP contribution in [-0.4, -0.2) is 20.6 Å². The molecule has 2 aromatic carbocycles. The molecule has 108 valence electrons. The number of aromatic amines is 1. The summed E-state index contributed by atoms with van der Waals surface area (Å²) in [4.78, 5) is 0. The molecule has 1 N–H and O–H groups in total. The van der Waals surface area contributed by atoms with Gasteiger partial charge in [0.2, 0.25) is 0 Å². The van der Waals surface area contributed by atoms with Crippen molar-refractivity contribution in [1.29, 1.82) is 0 Å². The van der Waals surface area contributed by atoms with Crippen LogP contribution in [0, 0.1) is 0 Å². The van der Waals surface area contributed by atoms with Gasteiger partial charge in [-0.1, -0.05) is 41.6 Å². The van der Waals surface area contributed by atoms with Gasteiger partial charge in [0.1, 0.15) is 5.58 Å². The van der Waals surface area contributed by atoms with Gasteiger partial charge in [0.25, 0.3) is 0 Å². The molecule has 4 rings (SSSR count). The first-order valence-electron chi connectivity index (χ1n) is 6.80. The highest BCUT2D eigenvalue weighted by Crippen LogP contribution is 2.38. The zero-order valence-corrected chi connectivity index (χ0v) is 13.0. The summed E-state index contributed by atoms with van der Waals surface area (Å²) in [6, 6.07) is 16.3. The zero-order valence-electron chi connectivity index (χ0n) is 11.5. The first-order valence-corrected chi connectivity index (χ1v) is 7.59. The van der Waals surface area contributed by atoms with Crippen LogP contribution in [0.3, 0.4) is 0 Å². The second-order valence-electron chi connectivity index (χ2n) is 4.95. The van der Waals surface area contributed by atoms with Crippen molar-refractivity contribution in [3.05, 3.63) is 64.6 Å². The monoisotopic (exact) mass is 354 g/mol. The van der Waals surface area contributed by atoms with Gasteiger partial charge in [-0.15, -0.1) is 10.2 Å². The van der Waals surface area contributed by atoms with E-state index in [0.29, 0.717) is 12.2 Å². The number of nitrogens with one attached hydrogen (secondary N) is 1. The van der Waals surface area contributed by atoms with E-state index in [0.717, 1.165) is 32.3 Å². The minimum atomic E-state index is 0.628. The lowest BCUT2D eigenvalue weighted by molar-refractivity contribution is 0.589. The van der Waals surface area contributed by atoms with Crippen molar-refractivity contribution >= 4 is 26.9 Å². The molecule has 0 atom stereocenters. The van der Waals surface area contributed by atoms with Crippen LogP contribution in [-0.2, 0) is 6.42 Å². The van der Waals surface area contributed by atoms with Crippen LogP contribution in [0.5, 0.6) is 0 Å². The molecule has 4 aromatic rings. The highest BCUT2D eigenvalue weighted by molar-refractivity contribution is 9.10. The molecular weight excluding hydrogens is 344 g/mol. The Morgan fingerprint density at radius 1 is 1.09 bits per heavy atom. The van der Waals surface area contributed by atoms with Crippen LogP contribution >= 0.6 is 15.9 Å². The number of fused-ring (bicyclic) bond motifs is 1. The predicted molar refractivity (Wildman–Crippen MR) is 86.3 cm³/mol. The summed E-state index contributed by atoms with van der Waals surface area (Å²) >= 11 is 3.53. The number of hydrogen-bond acceptors (Lipinski definition) is 4. The van der Waals surface area contributed by atoms with E-state index in [9.17, 15) is 0 Å². The Balaban J connectivity index is 1.84. The molecule has 0 fully saturated rings. The minimum absolute atomic E-state index is 0.628. The second-order valence-corrected chi connectivity index (χ2v) is 5.67. The number of benzene rings is 2. The third-order valence-electron chi connectivity index (χ3n) is 3.52. The van der Waals surface area contributed by atoms with Crippen molar-refractivity contribution in [3.63, 3.8) is 0 Å².